The number of anilines is 1. The summed E-state index contributed by atoms with van der Waals surface area (Å²) < 4.78 is 11.9. The SMILES string of the molecule is CCOC(=O)CC(=O)Nc1cc(Br)c(Oc2ccc(O)c(CC)c2)c(Br)c1. The Hall–Kier alpha value is -2.06. The van der Waals surface area contributed by atoms with Crippen LogP contribution in [0.1, 0.15) is 25.8 Å². The van der Waals surface area contributed by atoms with E-state index >= 15 is 0 Å². The smallest absolute Gasteiger partial charge is 0.315 e. The number of halogens is 2. The van der Waals surface area contributed by atoms with Crippen LogP contribution in [-0.4, -0.2) is 23.6 Å². The normalized spacial score (nSPS) is 10.4. The molecule has 0 atom stereocenters. The van der Waals surface area contributed by atoms with Crippen molar-refractivity contribution >= 4 is 49.4 Å². The van der Waals surface area contributed by atoms with Crippen molar-refractivity contribution in [2.45, 2.75) is 26.7 Å². The third-order valence-corrected chi connectivity index (χ3v) is 4.72. The molecule has 0 bridgehead atoms. The van der Waals surface area contributed by atoms with Gasteiger partial charge in [0, 0.05) is 5.69 Å². The van der Waals surface area contributed by atoms with Gasteiger partial charge in [0.1, 0.15) is 17.9 Å². The third-order valence-electron chi connectivity index (χ3n) is 3.54. The number of phenolic OH excluding ortho intramolecular Hbond substituents is 1. The Bertz CT molecular complexity index is 831. The molecule has 0 aromatic heterocycles. The number of aromatic hydroxyl groups is 1. The number of amides is 1. The summed E-state index contributed by atoms with van der Waals surface area (Å²) in [5.74, 6) is 0.276. The molecule has 2 N–H and O–H groups in total. The van der Waals surface area contributed by atoms with E-state index in [-0.39, 0.29) is 18.8 Å². The highest BCUT2D eigenvalue weighted by atomic mass is 79.9. The molecule has 0 fully saturated rings. The topological polar surface area (TPSA) is 84.9 Å². The lowest BCUT2D eigenvalue weighted by Gasteiger charge is -2.13. The lowest BCUT2D eigenvalue weighted by atomic mass is 10.1. The van der Waals surface area contributed by atoms with Crippen LogP contribution < -0.4 is 10.1 Å². The van der Waals surface area contributed by atoms with Crippen molar-refractivity contribution in [1.82, 2.24) is 0 Å². The van der Waals surface area contributed by atoms with Crippen molar-refractivity contribution in [2.75, 3.05) is 11.9 Å². The zero-order valence-corrected chi connectivity index (χ0v) is 18.0. The fraction of sp³-hybridized carbons (Fsp3) is 0.263. The van der Waals surface area contributed by atoms with Gasteiger partial charge in [-0.15, -0.1) is 0 Å². The maximum atomic E-state index is 11.9. The first kappa shape index (κ1) is 21.2. The van der Waals surface area contributed by atoms with E-state index in [1.807, 2.05) is 6.92 Å². The Kier molecular flexibility index (Phi) is 7.67. The minimum atomic E-state index is -0.577. The third kappa shape index (κ3) is 5.97. The largest absolute Gasteiger partial charge is 0.508 e. The van der Waals surface area contributed by atoms with Crippen LogP contribution in [0.25, 0.3) is 0 Å². The van der Waals surface area contributed by atoms with Gasteiger partial charge in [-0.25, -0.2) is 0 Å². The highest BCUT2D eigenvalue weighted by molar-refractivity contribution is 9.11. The molecule has 0 heterocycles. The van der Waals surface area contributed by atoms with Crippen LogP contribution in [-0.2, 0) is 20.7 Å². The summed E-state index contributed by atoms with van der Waals surface area (Å²) in [5, 5.41) is 12.4. The standard InChI is InChI=1S/C19H19Br2NO5/c1-3-11-7-13(5-6-16(11)23)27-19-14(20)8-12(9-15(19)21)22-17(24)10-18(25)26-4-2/h5-9,23H,3-4,10H2,1-2H3,(H,22,24). The molecule has 8 heteroatoms. The molecule has 0 aliphatic heterocycles. The van der Waals surface area contributed by atoms with E-state index in [1.165, 1.54) is 0 Å². The first-order valence-electron chi connectivity index (χ1n) is 8.28. The average molecular weight is 501 g/mol. The molecule has 0 saturated carbocycles. The van der Waals surface area contributed by atoms with E-state index in [0.717, 1.165) is 5.56 Å². The van der Waals surface area contributed by atoms with Gasteiger partial charge in [0.15, 0.2) is 5.75 Å². The average Bonchev–Trinajstić information content (AvgIpc) is 2.59. The number of benzene rings is 2. The predicted molar refractivity (Wildman–Crippen MR) is 109 cm³/mol. The first-order valence-corrected chi connectivity index (χ1v) is 9.86. The van der Waals surface area contributed by atoms with Gasteiger partial charge in [-0.2, -0.15) is 0 Å². The molecule has 27 heavy (non-hydrogen) atoms. The molecule has 2 aromatic rings. The lowest BCUT2D eigenvalue weighted by molar-refractivity contribution is -0.145. The van der Waals surface area contributed by atoms with Crippen LogP contribution in [0.5, 0.6) is 17.2 Å². The van der Waals surface area contributed by atoms with Gasteiger partial charge >= 0.3 is 5.97 Å². The second-order valence-corrected chi connectivity index (χ2v) is 7.25. The predicted octanol–water partition coefficient (Wildman–Crippen LogP) is 5.16. The monoisotopic (exact) mass is 499 g/mol. The Morgan fingerprint density at radius 3 is 2.37 bits per heavy atom. The Labute approximate surface area is 174 Å². The van der Waals surface area contributed by atoms with E-state index < -0.39 is 11.9 Å². The number of aryl methyl sites for hydroxylation is 1. The summed E-state index contributed by atoms with van der Waals surface area (Å²) in [4.78, 5) is 23.3. The van der Waals surface area contributed by atoms with Gasteiger partial charge < -0.3 is 19.9 Å². The van der Waals surface area contributed by atoms with Crippen molar-refractivity contribution in [3.63, 3.8) is 0 Å². The van der Waals surface area contributed by atoms with Crippen molar-refractivity contribution < 1.29 is 24.2 Å². The number of nitrogens with one attached hydrogen (secondary N) is 1. The molecular weight excluding hydrogens is 482 g/mol. The Balaban J connectivity index is 2.14. The van der Waals surface area contributed by atoms with Crippen LogP contribution in [0.4, 0.5) is 5.69 Å². The number of ether oxygens (including phenoxy) is 2. The number of hydrogen-bond acceptors (Lipinski definition) is 5. The number of carbonyl (C=O) groups is 2. The molecule has 0 aliphatic carbocycles. The quantitative estimate of drug-likeness (QED) is 0.405. The van der Waals surface area contributed by atoms with Gasteiger partial charge in [0.25, 0.3) is 0 Å². The number of carbonyl (C=O) groups excluding carboxylic acids is 2. The van der Waals surface area contributed by atoms with Crippen LogP contribution in [0, 0.1) is 0 Å². The number of esters is 1. The summed E-state index contributed by atoms with van der Waals surface area (Å²) in [6, 6.07) is 8.36. The molecule has 2 aromatic carbocycles. The summed E-state index contributed by atoms with van der Waals surface area (Å²) >= 11 is 6.85. The van der Waals surface area contributed by atoms with Crippen molar-refractivity contribution in [3.8, 4) is 17.2 Å². The molecule has 1 amide bonds. The minimum absolute atomic E-state index is 0.225. The van der Waals surface area contributed by atoms with Crippen LogP contribution in [0.2, 0.25) is 0 Å². The van der Waals surface area contributed by atoms with Gasteiger partial charge in [-0.3, -0.25) is 9.59 Å². The van der Waals surface area contributed by atoms with E-state index in [9.17, 15) is 14.7 Å². The Morgan fingerprint density at radius 1 is 1.11 bits per heavy atom. The second-order valence-electron chi connectivity index (χ2n) is 5.55. The molecule has 0 unspecified atom stereocenters. The summed E-state index contributed by atoms with van der Waals surface area (Å²) in [7, 11) is 0. The number of hydrogen-bond donors (Lipinski definition) is 2. The van der Waals surface area contributed by atoms with Crippen LogP contribution in [0.3, 0.4) is 0 Å². The van der Waals surface area contributed by atoms with E-state index in [0.29, 0.717) is 32.6 Å². The molecule has 144 valence electrons. The first-order chi connectivity index (χ1) is 12.8. The van der Waals surface area contributed by atoms with E-state index in [4.69, 9.17) is 9.47 Å². The van der Waals surface area contributed by atoms with Crippen LogP contribution >= 0.6 is 31.9 Å². The minimum Gasteiger partial charge on any atom is -0.508 e. The van der Waals surface area contributed by atoms with Gasteiger partial charge in [-0.05, 0) is 81.1 Å². The highest BCUT2D eigenvalue weighted by Gasteiger charge is 2.15. The molecule has 0 aliphatic rings. The van der Waals surface area contributed by atoms with Gasteiger partial charge in [0.05, 0.1) is 15.6 Å². The van der Waals surface area contributed by atoms with E-state index in [2.05, 4.69) is 37.2 Å². The fourth-order valence-electron chi connectivity index (χ4n) is 2.30. The summed E-state index contributed by atoms with van der Waals surface area (Å²) in [6.45, 7) is 3.85. The molecule has 6 nitrogen and oxygen atoms in total. The zero-order valence-electron chi connectivity index (χ0n) is 14.8. The van der Waals surface area contributed by atoms with Crippen molar-refractivity contribution in [3.05, 3.63) is 44.8 Å². The molecular formula is C19H19Br2NO5. The number of rotatable bonds is 7. The summed E-state index contributed by atoms with van der Waals surface area (Å²) in [5.41, 5.74) is 1.28. The van der Waals surface area contributed by atoms with Crippen molar-refractivity contribution in [2.24, 2.45) is 0 Å². The fourth-order valence-corrected chi connectivity index (χ4v) is 3.65. The number of phenols is 1. The van der Waals surface area contributed by atoms with Crippen LogP contribution in [0.15, 0.2) is 39.3 Å². The zero-order chi connectivity index (χ0) is 20.0. The molecule has 0 spiro atoms. The second kappa shape index (κ2) is 9.75. The maximum Gasteiger partial charge on any atom is 0.315 e. The molecule has 0 radical (unpaired) electrons. The van der Waals surface area contributed by atoms with Gasteiger partial charge in [0.2, 0.25) is 5.91 Å². The summed E-state index contributed by atoms with van der Waals surface area (Å²) in [6.07, 6.45) is 0.325. The molecule has 0 saturated heterocycles. The molecule has 2 rings (SSSR count). The highest BCUT2D eigenvalue weighted by Crippen LogP contribution is 2.40. The van der Waals surface area contributed by atoms with E-state index in [1.54, 1.807) is 37.3 Å². The maximum absolute atomic E-state index is 11.9. The van der Waals surface area contributed by atoms with Crippen molar-refractivity contribution in [1.29, 1.82) is 0 Å². The van der Waals surface area contributed by atoms with Gasteiger partial charge in [-0.1, -0.05) is 6.92 Å². The lowest BCUT2D eigenvalue weighted by Crippen LogP contribution is -2.18. The Morgan fingerprint density at radius 2 is 1.78 bits per heavy atom.